The van der Waals surface area contributed by atoms with Crippen LogP contribution in [0.4, 0.5) is 0 Å². The van der Waals surface area contributed by atoms with Crippen LogP contribution in [0.25, 0.3) is 0 Å². The maximum atomic E-state index is 10.9. The molecule has 0 amide bonds. The van der Waals surface area contributed by atoms with Crippen molar-refractivity contribution in [2.75, 3.05) is 0 Å². The Morgan fingerprint density at radius 2 is 1.91 bits per heavy atom. The SMILES string of the molecule is CCC(=O)C(C)(O)CC(=O)O. The molecule has 4 nitrogen and oxygen atoms in total. The molecule has 0 bridgehead atoms. The Morgan fingerprint density at radius 3 is 2.18 bits per heavy atom. The predicted molar refractivity (Wildman–Crippen MR) is 38.2 cm³/mol. The summed E-state index contributed by atoms with van der Waals surface area (Å²) < 4.78 is 0. The summed E-state index contributed by atoms with van der Waals surface area (Å²) in [6, 6.07) is 0. The average Bonchev–Trinajstić information content (AvgIpc) is 1.83. The molecular formula is C7H12O4. The molecule has 1 unspecified atom stereocenters. The van der Waals surface area contributed by atoms with Gasteiger partial charge < -0.3 is 10.2 Å². The normalized spacial score (nSPS) is 15.5. The van der Waals surface area contributed by atoms with Crippen molar-refractivity contribution in [1.82, 2.24) is 0 Å². The number of carbonyl (C=O) groups is 2. The molecule has 0 rings (SSSR count). The van der Waals surface area contributed by atoms with Gasteiger partial charge in [0, 0.05) is 6.42 Å². The fourth-order valence-electron chi connectivity index (χ4n) is 0.774. The zero-order chi connectivity index (χ0) is 9.07. The van der Waals surface area contributed by atoms with E-state index in [1.165, 1.54) is 6.92 Å². The van der Waals surface area contributed by atoms with Crippen LogP contribution in [0.1, 0.15) is 26.7 Å². The van der Waals surface area contributed by atoms with Crippen LogP contribution < -0.4 is 0 Å². The van der Waals surface area contributed by atoms with Gasteiger partial charge in [-0.2, -0.15) is 0 Å². The average molecular weight is 160 g/mol. The van der Waals surface area contributed by atoms with Crippen molar-refractivity contribution in [1.29, 1.82) is 0 Å². The lowest BCUT2D eigenvalue weighted by atomic mass is 9.95. The Balaban J connectivity index is 4.21. The fraction of sp³-hybridized carbons (Fsp3) is 0.714. The van der Waals surface area contributed by atoms with Gasteiger partial charge in [0.2, 0.25) is 0 Å². The van der Waals surface area contributed by atoms with Gasteiger partial charge in [-0.1, -0.05) is 6.92 Å². The second-order valence-electron chi connectivity index (χ2n) is 2.62. The van der Waals surface area contributed by atoms with Gasteiger partial charge in [0.25, 0.3) is 0 Å². The Labute approximate surface area is 64.8 Å². The topological polar surface area (TPSA) is 74.6 Å². The largest absolute Gasteiger partial charge is 0.481 e. The third-order valence-electron chi connectivity index (χ3n) is 1.42. The molecule has 1 atom stereocenters. The minimum absolute atomic E-state index is 0.153. The Bertz CT molecular complexity index is 171. The van der Waals surface area contributed by atoms with Crippen LogP contribution in [0.15, 0.2) is 0 Å². The summed E-state index contributed by atoms with van der Waals surface area (Å²) in [5, 5.41) is 17.5. The van der Waals surface area contributed by atoms with Crippen molar-refractivity contribution < 1.29 is 19.8 Å². The minimum atomic E-state index is -1.71. The van der Waals surface area contributed by atoms with E-state index in [0.29, 0.717) is 0 Å². The smallest absolute Gasteiger partial charge is 0.306 e. The number of aliphatic hydroxyl groups is 1. The van der Waals surface area contributed by atoms with E-state index in [2.05, 4.69) is 0 Å². The summed E-state index contributed by atoms with van der Waals surface area (Å²) in [6.07, 6.45) is -0.375. The number of hydrogen-bond donors (Lipinski definition) is 2. The molecule has 11 heavy (non-hydrogen) atoms. The molecule has 0 saturated heterocycles. The number of aliphatic carboxylic acids is 1. The molecule has 0 aliphatic heterocycles. The van der Waals surface area contributed by atoms with Gasteiger partial charge >= 0.3 is 5.97 Å². The fourth-order valence-corrected chi connectivity index (χ4v) is 0.774. The Hall–Kier alpha value is -0.900. The standard InChI is InChI=1S/C7H12O4/c1-3-5(8)7(2,11)4-6(9)10/h11H,3-4H2,1-2H3,(H,9,10). The molecule has 0 saturated carbocycles. The minimum Gasteiger partial charge on any atom is -0.481 e. The van der Waals surface area contributed by atoms with Crippen molar-refractivity contribution in [2.45, 2.75) is 32.3 Å². The van der Waals surface area contributed by atoms with E-state index in [1.54, 1.807) is 6.92 Å². The molecule has 64 valence electrons. The lowest BCUT2D eigenvalue weighted by Crippen LogP contribution is -2.36. The van der Waals surface area contributed by atoms with Gasteiger partial charge in [0.15, 0.2) is 5.78 Å². The third kappa shape index (κ3) is 3.13. The molecule has 0 aliphatic carbocycles. The summed E-state index contributed by atoms with van der Waals surface area (Å²) >= 11 is 0. The molecule has 0 spiro atoms. The molecule has 0 radical (unpaired) electrons. The zero-order valence-electron chi connectivity index (χ0n) is 6.63. The van der Waals surface area contributed by atoms with E-state index in [0.717, 1.165) is 0 Å². The molecule has 4 heteroatoms. The van der Waals surface area contributed by atoms with Crippen molar-refractivity contribution >= 4 is 11.8 Å². The lowest BCUT2D eigenvalue weighted by molar-refractivity contribution is -0.149. The third-order valence-corrected chi connectivity index (χ3v) is 1.42. The summed E-state index contributed by atoms with van der Waals surface area (Å²) in [4.78, 5) is 21.0. The second kappa shape index (κ2) is 3.48. The first-order valence-electron chi connectivity index (χ1n) is 3.37. The summed E-state index contributed by atoms with van der Waals surface area (Å²) in [6.45, 7) is 2.80. The highest BCUT2D eigenvalue weighted by atomic mass is 16.4. The van der Waals surface area contributed by atoms with Crippen molar-refractivity contribution in [3.63, 3.8) is 0 Å². The molecule has 0 heterocycles. The first kappa shape index (κ1) is 10.1. The van der Waals surface area contributed by atoms with E-state index in [4.69, 9.17) is 5.11 Å². The van der Waals surface area contributed by atoms with Gasteiger partial charge in [0.1, 0.15) is 5.60 Å². The number of carbonyl (C=O) groups excluding carboxylic acids is 1. The van der Waals surface area contributed by atoms with E-state index in [1.807, 2.05) is 0 Å². The highest BCUT2D eigenvalue weighted by Gasteiger charge is 2.30. The predicted octanol–water partition coefficient (Wildman–Crippen LogP) is 0.191. The quantitative estimate of drug-likeness (QED) is 0.615. The van der Waals surface area contributed by atoms with Crippen LogP contribution in [0.3, 0.4) is 0 Å². The van der Waals surface area contributed by atoms with E-state index >= 15 is 0 Å². The maximum Gasteiger partial charge on any atom is 0.306 e. The highest BCUT2D eigenvalue weighted by Crippen LogP contribution is 2.12. The second-order valence-corrected chi connectivity index (χ2v) is 2.62. The van der Waals surface area contributed by atoms with Gasteiger partial charge in [-0.3, -0.25) is 9.59 Å². The molecule has 0 aliphatic rings. The number of hydrogen-bond acceptors (Lipinski definition) is 3. The van der Waals surface area contributed by atoms with Crippen LogP contribution in [0.2, 0.25) is 0 Å². The van der Waals surface area contributed by atoms with Crippen LogP contribution in [0, 0.1) is 0 Å². The van der Waals surface area contributed by atoms with Crippen molar-refractivity contribution in [3.8, 4) is 0 Å². The molecule has 0 aromatic carbocycles. The molecule has 0 aromatic heterocycles. The van der Waals surface area contributed by atoms with Crippen LogP contribution in [-0.2, 0) is 9.59 Å². The Kier molecular flexibility index (Phi) is 3.19. The molecule has 0 aromatic rings. The molecular weight excluding hydrogens is 148 g/mol. The number of carboxylic acids is 1. The van der Waals surface area contributed by atoms with Crippen LogP contribution >= 0.6 is 0 Å². The zero-order valence-corrected chi connectivity index (χ0v) is 6.63. The number of carboxylic acid groups (broad SMARTS) is 1. The first-order valence-corrected chi connectivity index (χ1v) is 3.37. The maximum absolute atomic E-state index is 10.9. The van der Waals surface area contributed by atoms with Crippen molar-refractivity contribution in [2.24, 2.45) is 0 Å². The van der Waals surface area contributed by atoms with Gasteiger partial charge in [-0.05, 0) is 6.92 Å². The van der Waals surface area contributed by atoms with Gasteiger partial charge in [-0.25, -0.2) is 0 Å². The summed E-state index contributed by atoms with van der Waals surface area (Å²) in [5.41, 5.74) is -1.71. The van der Waals surface area contributed by atoms with E-state index in [9.17, 15) is 14.7 Å². The lowest BCUT2D eigenvalue weighted by Gasteiger charge is -2.17. The number of ketones is 1. The highest BCUT2D eigenvalue weighted by molar-refractivity contribution is 5.90. The van der Waals surface area contributed by atoms with Crippen LogP contribution in [-0.4, -0.2) is 27.6 Å². The molecule has 0 fully saturated rings. The van der Waals surface area contributed by atoms with Gasteiger partial charge in [-0.15, -0.1) is 0 Å². The summed E-state index contributed by atoms with van der Waals surface area (Å²) in [7, 11) is 0. The number of Topliss-reactive ketones (excluding diaryl/α,β-unsaturated/α-hetero) is 1. The monoisotopic (exact) mass is 160 g/mol. The molecule has 2 N–H and O–H groups in total. The summed E-state index contributed by atoms with van der Waals surface area (Å²) in [5.74, 6) is -1.61. The van der Waals surface area contributed by atoms with Gasteiger partial charge in [0.05, 0.1) is 6.42 Å². The Morgan fingerprint density at radius 1 is 1.45 bits per heavy atom. The van der Waals surface area contributed by atoms with Crippen molar-refractivity contribution in [3.05, 3.63) is 0 Å². The first-order chi connectivity index (χ1) is 4.90. The van der Waals surface area contributed by atoms with E-state index in [-0.39, 0.29) is 6.42 Å². The van der Waals surface area contributed by atoms with E-state index < -0.39 is 23.8 Å². The van der Waals surface area contributed by atoms with Crippen LogP contribution in [0.5, 0.6) is 0 Å². The number of rotatable bonds is 4.